The standard InChI is InChI=1S/C14H22N2O/c1-10-6-11(2)14(17-3)12(7-10)8-13-9-15-4-5-16-13/h6-7,13,15-16H,4-5,8-9H2,1-3H3. The molecular weight excluding hydrogens is 212 g/mol. The molecule has 1 aliphatic rings. The maximum Gasteiger partial charge on any atom is 0.125 e. The van der Waals surface area contributed by atoms with E-state index >= 15 is 0 Å². The van der Waals surface area contributed by atoms with Gasteiger partial charge in [0.2, 0.25) is 0 Å². The van der Waals surface area contributed by atoms with E-state index < -0.39 is 0 Å². The highest BCUT2D eigenvalue weighted by molar-refractivity contribution is 5.44. The quantitative estimate of drug-likeness (QED) is 0.830. The van der Waals surface area contributed by atoms with Gasteiger partial charge < -0.3 is 15.4 Å². The van der Waals surface area contributed by atoms with Gasteiger partial charge in [0, 0.05) is 25.7 Å². The fraction of sp³-hybridized carbons (Fsp3) is 0.571. The predicted octanol–water partition coefficient (Wildman–Crippen LogP) is 1.42. The smallest absolute Gasteiger partial charge is 0.125 e. The molecular formula is C14H22N2O. The molecule has 1 aromatic carbocycles. The Kier molecular flexibility index (Phi) is 4.02. The Morgan fingerprint density at radius 2 is 2.12 bits per heavy atom. The van der Waals surface area contributed by atoms with Crippen LogP contribution in [0.5, 0.6) is 5.75 Å². The summed E-state index contributed by atoms with van der Waals surface area (Å²) >= 11 is 0. The van der Waals surface area contributed by atoms with Crippen LogP contribution in [-0.4, -0.2) is 32.8 Å². The van der Waals surface area contributed by atoms with Crippen LogP contribution in [0.4, 0.5) is 0 Å². The zero-order valence-corrected chi connectivity index (χ0v) is 11.0. The van der Waals surface area contributed by atoms with Gasteiger partial charge in [-0.05, 0) is 31.4 Å². The van der Waals surface area contributed by atoms with E-state index in [2.05, 4.69) is 36.6 Å². The Bertz CT molecular complexity index is 384. The number of hydrogen-bond acceptors (Lipinski definition) is 3. The van der Waals surface area contributed by atoms with Crippen LogP contribution in [0.3, 0.4) is 0 Å². The molecule has 0 aliphatic carbocycles. The lowest BCUT2D eigenvalue weighted by atomic mass is 9.99. The summed E-state index contributed by atoms with van der Waals surface area (Å²) in [4.78, 5) is 0. The molecule has 1 aromatic rings. The number of ether oxygens (including phenoxy) is 1. The lowest BCUT2D eigenvalue weighted by molar-refractivity contribution is 0.388. The van der Waals surface area contributed by atoms with Gasteiger partial charge in [-0.1, -0.05) is 17.7 Å². The van der Waals surface area contributed by atoms with Gasteiger partial charge in [-0.15, -0.1) is 0 Å². The summed E-state index contributed by atoms with van der Waals surface area (Å²) < 4.78 is 5.52. The molecule has 3 heteroatoms. The second kappa shape index (κ2) is 5.52. The molecule has 0 saturated carbocycles. The van der Waals surface area contributed by atoms with Gasteiger partial charge in [0.05, 0.1) is 7.11 Å². The molecule has 94 valence electrons. The highest BCUT2D eigenvalue weighted by Gasteiger charge is 2.16. The van der Waals surface area contributed by atoms with Crippen molar-refractivity contribution in [3.63, 3.8) is 0 Å². The minimum absolute atomic E-state index is 0.513. The first-order valence-electron chi connectivity index (χ1n) is 6.29. The Morgan fingerprint density at radius 3 is 2.76 bits per heavy atom. The zero-order chi connectivity index (χ0) is 12.3. The highest BCUT2D eigenvalue weighted by Crippen LogP contribution is 2.26. The number of rotatable bonds is 3. The van der Waals surface area contributed by atoms with Gasteiger partial charge in [0.15, 0.2) is 0 Å². The number of methoxy groups -OCH3 is 1. The predicted molar refractivity (Wildman–Crippen MR) is 70.8 cm³/mol. The van der Waals surface area contributed by atoms with Crippen LogP contribution < -0.4 is 15.4 Å². The third-order valence-corrected chi connectivity index (χ3v) is 3.29. The van der Waals surface area contributed by atoms with Crippen LogP contribution >= 0.6 is 0 Å². The lowest BCUT2D eigenvalue weighted by Gasteiger charge is -2.25. The van der Waals surface area contributed by atoms with Crippen molar-refractivity contribution in [3.05, 3.63) is 28.8 Å². The third-order valence-electron chi connectivity index (χ3n) is 3.29. The summed E-state index contributed by atoms with van der Waals surface area (Å²) in [5.41, 5.74) is 3.85. The van der Waals surface area contributed by atoms with Crippen LogP contribution in [0.1, 0.15) is 16.7 Å². The van der Waals surface area contributed by atoms with Gasteiger partial charge in [-0.3, -0.25) is 0 Å². The van der Waals surface area contributed by atoms with Crippen molar-refractivity contribution in [3.8, 4) is 5.75 Å². The van der Waals surface area contributed by atoms with Crippen LogP contribution in [0.2, 0.25) is 0 Å². The van der Waals surface area contributed by atoms with Crippen LogP contribution in [0.25, 0.3) is 0 Å². The van der Waals surface area contributed by atoms with Crippen LogP contribution in [0, 0.1) is 13.8 Å². The molecule has 2 N–H and O–H groups in total. The van der Waals surface area contributed by atoms with Crippen molar-refractivity contribution >= 4 is 0 Å². The van der Waals surface area contributed by atoms with Crippen LogP contribution in [-0.2, 0) is 6.42 Å². The van der Waals surface area contributed by atoms with E-state index in [4.69, 9.17) is 4.74 Å². The summed E-state index contributed by atoms with van der Waals surface area (Å²) in [6, 6.07) is 4.93. The van der Waals surface area contributed by atoms with E-state index in [0.717, 1.165) is 31.8 Å². The van der Waals surface area contributed by atoms with E-state index in [0.29, 0.717) is 6.04 Å². The first kappa shape index (κ1) is 12.4. The molecule has 1 unspecified atom stereocenters. The Balaban J connectivity index is 2.18. The zero-order valence-electron chi connectivity index (χ0n) is 11.0. The summed E-state index contributed by atoms with van der Waals surface area (Å²) in [7, 11) is 1.76. The normalized spacial score (nSPS) is 20.3. The minimum atomic E-state index is 0.513. The Hall–Kier alpha value is -1.06. The van der Waals surface area contributed by atoms with Gasteiger partial charge in [0.25, 0.3) is 0 Å². The van der Waals surface area contributed by atoms with Crippen molar-refractivity contribution in [2.45, 2.75) is 26.3 Å². The van der Waals surface area contributed by atoms with Gasteiger partial charge in [0.1, 0.15) is 5.75 Å². The third kappa shape index (κ3) is 2.99. The molecule has 0 bridgehead atoms. The largest absolute Gasteiger partial charge is 0.496 e. The highest BCUT2D eigenvalue weighted by atomic mass is 16.5. The second-order valence-corrected chi connectivity index (χ2v) is 4.83. The van der Waals surface area contributed by atoms with E-state index in [1.165, 1.54) is 16.7 Å². The van der Waals surface area contributed by atoms with E-state index in [1.54, 1.807) is 7.11 Å². The van der Waals surface area contributed by atoms with Crippen molar-refractivity contribution in [2.75, 3.05) is 26.7 Å². The molecule has 3 nitrogen and oxygen atoms in total. The maximum atomic E-state index is 5.52. The summed E-state index contributed by atoms with van der Waals surface area (Å²) in [6.07, 6.45) is 1.03. The molecule has 2 rings (SSSR count). The van der Waals surface area contributed by atoms with Crippen molar-refractivity contribution in [1.82, 2.24) is 10.6 Å². The molecule has 1 saturated heterocycles. The number of piperazine rings is 1. The average Bonchev–Trinajstić information content (AvgIpc) is 2.30. The van der Waals surface area contributed by atoms with Crippen molar-refractivity contribution in [2.24, 2.45) is 0 Å². The Labute approximate surface area is 104 Å². The van der Waals surface area contributed by atoms with Crippen molar-refractivity contribution < 1.29 is 4.74 Å². The van der Waals surface area contributed by atoms with Gasteiger partial charge >= 0.3 is 0 Å². The topological polar surface area (TPSA) is 33.3 Å². The molecule has 1 heterocycles. The number of nitrogens with one attached hydrogen (secondary N) is 2. The molecule has 1 atom stereocenters. The first-order chi connectivity index (χ1) is 8.20. The molecule has 0 spiro atoms. The van der Waals surface area contributed by atoms with E-state index in [1.807, 2.05) is 0 Å². The number of hydrogen-bond donors (Lipinski definition) is 2. The van der Waals surface area contributed by atoms with E-state index in [-0.39, 0.29) is 0 Å². The molecule has 0 aromatic heterocycles. The van der Waals surface area contributed by atoms with E-state index in [9.17, 15) is 0 Å². The fourth-order valence-electron chi connectivity index (χ4n) is 2.61. The monoisotopic (exact) mass is 234 g/mol. The number of aryl methyl sites for hydroxylation is 2. The fourth-order valence-corrected chi connectivity index (χ4v) is 2.61. The molecule has 0 amide bonds. The van der Waals surface area contributed by atoms with Gasteiger partial charge in [-0.2, -0.15) is 0 Å². The van der Waals surface area contributed by atoms with Gasteiger partial charge in [-0.25, -0.2) is 0 Å². The SMILES string of the molecule is COc1c(C)cc(C)cc1CC1CNCCN1. The molecule has 1 aliphatic heterocycles. The summed E-state index contributed by atoms with van der Waals surface area (Å²) in [5, 5.41) is 6.96. The molecule has 0 radical (unpaired) electrons. The van der Waals surface area contributed by atoms with Crippen LogP contribution in [0.15, 0.2) is 12.1 Å². The summed E-state index contributed by atoms with van der Waals surface area (Å²) in [6.45, 7) is 7.42. The first-order valence-corrected chi connectivity index (χ1v) is 6.29. The Morgan fingerprint density at radius 1 is 1.29 bits per heavy atom. The van der Waals surface area contributed by atoms with Crippen molar-refractivity contribution in [1.29, 1.82) is 0 Å². The second-order valence-electron chi connectivity index (χ2n) is 4.83. The minimum Gasteiger partial charge on any atom is -0.496 e. The summed E-state index contributed by atoms with van der Waals surface area (Å²) in [5.74, 6) is 1.04. The number of benzene rings is 1. The molecule has 17 heavy (non-hydrogen) atoms. The lowest BCUT2D eigenvalue weighted by Crippen LogP contribution is -2.49. The average molecular weight is 234 g/mol. The molecule has 1 fully saturated rings. The maximum absolute atomic E-state index is 5.52.